The van der Waals surface area contributed by atoms with Crippen LogP contribution < -0.4 is 0 Å². The molecule has 0 heterocycles. The topological polar surface area (TPSA) is 63.6 Å². The number of rotatable bonds is 2. The van der Waals surface area contributed by atoms with E-state index >= 15 is 0 Å². The van der Waals surface area contributed by atoms with Gasteiger partial charge in [-0.05, 0) is 18.2 Å². The third kappa shape index (κ3) is 2.25. The van der Waals surface area contributed by atoms with Crippen LogP contribution in [0.1, 0.15) is 0 Å². The standard InChI is InChI=1S/C8H6FNO3S/c1-14(12,13)6-2-3-7(9)8(4-6)10-5-11/h2-4H,1H3. The normalized spacial score (nSPS) is 10.7. The van der Waals surface area contributed by atoms with E-state index in [1.54, 1.807) is 0 Å². The SMILES string of the molecule is CS(=O)(=O)c1ccc(F)c(N=C=O)c1. The fourth-order valence-corrected chi connectivity index (χ4v) is 1.50. The minimum Gasteiger partial charge on any atom is -0.224 e. The lowest BCUT2D eigenvalue weighted by Gasteiger charge is -1.99. The molecule has 14 heavy (non-hydrogen) atoms. The van der Waals surface area contributed by atoms with Crippen molar-refractivity contribution in [2.24, 2.45) is 4.99 Å². The average Bonchev–Trinajstić information content (AvgIpc) is 2.07. The quantitative estimate of drug-likeness (QED) is 0.423. The van der Waals surface area contributed by atoms with Crippen LogP contribution in [-0.4, -0.2) is 20.8 Å². The fourth-order valence-electron chi connectivity index (χ4n) is 0.858. The summed E-state index contributed by atoms with van der Waals surface area (Å²) in [7, 11) is -3.42. The zero-order chi connectivity index (χ0) is 10.8. The highest BCUT2D eigenvalue weighted by Gasteiger charge is 2.10. The first-order valence-electron chi connectivity index (χ1n) is 3.52. The summed E-state index contributed by atoms with van der Waals surface area (Å²) in [6, 6.07) is 3.02. The number of hydrogen-bond donors (Lipinski definition) is 0. The van der Waals surface area contributed by atoms with Gasteiger partial charge in [0.15, 0.2) is 9.84 Å². The number of nitrogens with zero attached hydrogens (tertiary/aromatic N) is 1. The Hall–Kier alpha value is -1.52. The van der Waals surface area contributed by atoms with Crippen molar-refractivity contribution in [1.82, 2.24) is 0 Å². The maximum absolute atomic E-state index is 12.9. The second kappa shape index (κ2) is 3.69. The minimum atomic E-state index is -3.42. The molecule has 0 aliphatic rings. The molecule has 4 nitrogen and oxygen atoms in total. The summed E-state index contributed by atoms with van der Waals surface area (Å²) in [6.07, 6.45) is 2.12. The molecule has 0 aliphatic carbocycles. The number of aliphatic imine (C=N–C) groups is 1. The first kappa shape index (κ1) is 10.6. The molecule has 0 spiro atoms. The van der Waals surface area contributed by atoms with Crippen LogP contribution in [0.2, 0.25) is 0 Å². The van der Waals surface area contributed by atoms with Crippen molar-refractivity contribution in [1.29, 1.82) is 0 Å². The maximum atomic E-state index is 12.9. The summed E-state index contributed by atoms with van der Waals surface area (Å²) >= 11 is 0. The Morgan fingerprint density at radius 1 is 1.43 bits per heavy atom. The van der Waals surface area contributed by atoms with Crippen LogP contribution in [-0.2, 0) is 14.6 Å². The van der Waals surface area contributed by atoms with E-state index < -0.39 is 15.7 Å². The van der Waals surface area contributed by atoms with Gasteiger partial charge < -0.3 is 0 Å². The monoisotopic (exact) mass is 215 g/mol. The van der Waals surface area contributed by atoms with Crippen molar-refractivity contribution in [2.45, 2.75) is 4.90 Å². The molecule has 0 atom stereocenters. The first-order valence-corrected chi connectivity index (χ1v) is 5.42. The van der Waals surface area contributed by atoms with Crippen LogP contribution in [0.15, 0.2) is 28.1 Å². The molecular weight excluding hydrogens is 209 g/mol. The Kier molecular flexibility index (Phi) is 2.78. The molecule has 0 saturated carbocycles. The molecule has 1 aromatic carbocycles. The molecule has 74 valence electrons. The number of sulfone groups is 1. The summed E-state index contributed by atoms with van der Waals surface area (Å²) in [5, 5.41) is 0. The van der Waals surface area contributed by atoms with Crippen LogP contribution >= 0.6 is 0 Å². The van der Waals surface area contributed by atoms with Crippen LogP contribution in [0.3, 0.4) is 0 Å². The van der Waals surface area contributed by atoms with Gasteiger partial charge in [-0.1, -0.05) is 0 Å². The number of carbonyl (C=O) groups excluding carboxylic acids is 1. The van der Waals surface area contributed by atoms with E-state index in [0.717, 1.165) is 30.5 Å². The third-order valence-corrected chi connectivity index (χ3v) is 2.62. The maximum Gasteiger partial charge on any atom is 0.240 e. The molecule has 0 N–H and O–H groups in total. The average molecular weight is 215 g/mol. The molecule has 0 aliphatic heterocycles. The van der Waals surface area contributed by atoms with Gasteiger partial charge in [0.2, 0.25) is 6.08 Å². The molecule has 6 heteroatoms. The number of isocyanates is 1. The first-order chi connectivity index (χ1) is 6.45. The van der Waals surface area contributed by atoms with Crippen molar-refractivity contribution in [3.05, 3.63) is 24.0 Å². The summed E-state index contributed by atoms with van der Waals surface area (Å²) < 4.78 is 35.0. The van der Waals surface area contributed by atoms with Crippen molar-refractivity contribution < 1.29 is 17.6 Å². The number of halogens is 1. The van der Waals surface area contributed by atoms with E-state index in [2.05, 4.69) is 4.99 Å². The van der Waals surface area contributed by atoms with E-state index in [1.807, 2.05) is 0 Å². The molecule has 1 rings (SSSR count). The van der Waals surface area contributed by atoms with E-state index in [4.69, 9.17) is 0 Å². The molecule has 0 bridgehead atoms. The van der Waals surface area contributed by atoms with Gasteiger partial charge in [0.05, 0.1) is 4.90 Å². The van der Waals surface area contributed by atoms with Gasteiger partial charge in [-0.2, -0.15) is 4.99 Å². The Morgan fingerprint density at radius 2 is 2.07 bits per heavy atom. The van der Waals surface area contributed by atoms with Crippen molar-refractivity contribution >= 4 is 21.6 Å². The van der Waals surface area contributed by atoms with Crippen LogP contribution in [0, 0.1) is 5.82 Å². The Bertz CT molecular complexity index is 503. The van der Waals surface area contributed by atoms with Crippen molar-refractivity contribution in [3.63, 3.8) is 0 Å². The lowest BCUT2D eigenvalue weighted by atomic mass is 10.3. The summed E-state index contributed by atoms with van der Waals surface area (Å²) in [6.45, 7) is 0. The molecule has 0 amide bonds. The van der Waals surface area contributed by atoms with Crippen molar-refractivity contribution in [3.8, 4) is 0 Å². The number of hydrogen-bond acceptors (Lipinski definition) is 4. The van der Waals surface area contributed by atoms with Gasteiger partial charge in [0.25, 0.3) is 0 Å². The molecular formula is C8H6FNO3S. The van der Waals surface area contributed by atoms with Crippen LogP contribution in [0.4, 0.5) is 10.1 Å². The minimum absolute atomic E-state index is 0.0899. The lowest BCUT2D eigenvalue weighted by Crippen LogP contribution is -1.96. The van der Waals surface area contributed by atoms with Crippen LogP contribution in [0.5, 0.6) is 0 Å². The predicted octanol–water partition coefficient (Wildman–Crippen LogP) is 1.20. The summed E-state index contributed by atoms with van der Waals surface area (Å²) in [5.74, 6) is -0.763. The smallest absolute Gasteiger partial charge is 0.224 e. The molecule has 0 unspecified atom stereocenters. The Labute approximate surface area is 80.0 Å². The highest BCUT2D eigenvalue weighted by molar-refractivity contribution is 7.90. The predicted molar refractivity (Wildman–Crippen MR) is 47.3 cm³/mol. The van der Waals surface area contributed by atoms with Gasteiger partial charge in [-0.25, -0.2) is 17.6 Å². The second-order valence-electron chi connectivity index (χ2n) is 2.59. The molecule has 0 saturated heterocycles. The van der Waals surface area contributed by atoms with Gasteiger partial charge in [0.1, 0.15) is 11.5 Å². The molecule has 0 fully saturated rings. The van der Waals surface area contributed by atoms with Gasteiger partial charge >= 0.3 is 0 Å². The van der Waals surface area contributed by atoms with Gasteiger partial charge in [-0.15, -0.1) is 0 Å². The molecule has 1 aromatic rings. The highest BCUT2D eigenvalue weighted by atomic mass is 32.2. The molecule has 0 aromatic heterocycles. The number of benzene rings is 1. The fraction of sp³-hybridized carbons (Fsp3) is 0.125. The van der Waals surface area contributed by atoms with E-state index in [-0.39, 0.29) is 10.6 Å². The lowest BCUT2D eigenvalue weighted by molar-refractivity contribution is 0.564. The van der Waals surface area contributed by atoms with Gasteiger partial charge in [0, 0.05) is 6.26 Å². The summed E-state index contributed by atoms with van der Waals surface area (Å²) in [5.41, 5.74) is -0.331. The Morgan fingerprint density at radius 3 is 2.57 bits per heavy atom. The van der Waals surface area contributed by atoms with Crippen LogP contribution in [0.25, 0.3) is 0 Å². The Balaban J connectivity index is 3.41. The molecule has 0 radical (unpaired) electrons. The van der Waals surface area contributed by atoms with E-state index in [9.17, 15) is 17.6 Å². The zero-order valence-electron chi connectivity index (χ0n) is 7.19. The van der Waals surface area contributed by atoms with Gasteiger partial charge in [-0.3, -0.25) is 0 Å². The zero-order valence-corrected chi connectivity index (χ0v) is 8.01. The van der Waals surface area contributed by atoms with E-state index in [1.165, 1.54) is 0 Å². The van der Waals surface area contributed by atoms with Crippen molar-refractivity contribution in [2.75, 3.05) is 6.26 Å². The highest BCUT2D eigenvalue weighted by Crippen LogP contribution is 2.21. The summed E-state index contributed by atoms with van der Waals surface area (Å²) in [4.78, 5) is 12.8. The largest absolute Gasteiger partial charge is 0.240 e. The van der Waals surface area contributed by atoms with E-state index in [0.29, 0.717) is 0 Å². The second-order valence-corrected chi connectivity index (χ2v) is 4.60. The third-order valence-electron chi connectivity index (χ3n) is 1.51.